The number of amides is 2. The molecular weight excluding hydrogens is 316 g/mol. The van der Waals surface area contributed by atoms with Gasteiger partial charge in [-0.15, -0.1) is 0 Å². The zero-order valence-corrected chi connectivity index (χ0v) is 12.7. The first kappa shape index (κ1) is 15.8. The molecule has 1 aliphatic heterocycles. The van der Waals surface area contributed by atoms with E-state index in [1.807, 2.05) is 0 Å². The summed E-state index contributed by atoms with van der Waals surface area (Å²) in [6.45, 7) is 0.134. The number of nitrogens with one attached hydrogen (secondary N) is 2. The van der Waals surface area contributed by atoms with Gasteiger partial charge in [0, 0.05) is 17.6 Å². The van der Waals surface area contributed by atoms with Gasteiger partial charge >= 0.3 is 11.8 Å². The van der Waals surface area contributed by atoms with Crippen molar-refractivity contribution in [1.82, 2.24) is 10.6 Å². The van der Waals surface area contributed by atoms with Crippen LogP contribution in [0.25, 0.3) is 0 Å². The summed E-state index contributed by atoms with van der Waals surface area (Å²) in [7, 11) is -3.09. The summed E-state index contributed by atoms with van der Waals surface area (Å²) in [6.07, 6.45) is 0.339. The molecule has 1 saturated heterocycles. The minimum absolute atomic E-state index is 0.0409. The fourth-order valence-corrected chi connectivity index (χ4v) is 3.93. The molecule has 1 aliphatic rings. The van der Waals surface area contributed by atoms with Gasteiger partial charge in [0.1, 0.15) is 0 Å². The van der Waals surface area contributed by atoms with Crippen molar-refractivity contribution in [2.75, 3.05) is 11.5 Å². The van der Waals surface area contributed by atoms with Crippen LogP contribution in [0.4, 0.5) is 0 Å². The van der Waals surface area contributed by atoms with E-state index in [-0.39, 0.29) is 18.1 Å². The lowest BCUT2D eigenvalue weighted by molar-refractivity contribution is -0.139. The van der Waals surface area contributed by atoms with E-state index in [1.54, 1.807) is 24.3 Å². The van der Waals surface area contributed by atoms with Crippen molar-refractivity contribution in [3.63, 3.8) is 0 Å². The standard InChI is InChI=1S/C13H15ClN2O4S/c14-11-4-2-1-3-9(11)7-15-12(17)13(18)16-10-5-6-21(19,20)8-10/h1-4,10H,5-8H2,(H,15,17)(H,16,18). The van der Waals surface area contributed by atoms with E-state index in [9.17, 15) is 18.0 Å². The summed E-state index contributed by atoms with van der Waals surface area (Å²) in [6, 6.07) is 6.47. The molecule has 0 aromatic heterocycles. The van der Waals surface area contributed by atoms with Gasteiger partial charge < -0.3 is 10.6 Å². The van der Waals surface area contributed by atoms with Crippen LogP contribution in [0.1, 0.15) is 12.0 Å². The second-order valence-electron chi connectivity index (χ2n) is 4.85. The molecule has 0 bridgehead atoms. The fourth-order valence-electron chi connectivity index (χ4n) is 2.06. The third kappa shape index (κ3) is 4.44. The van der Waals surface area contributed by atoms with Crippen molar-refractivity contribution in [1.29, 1.82) is 0 Å². The first-order valence-corrected chi connectivity index (χ1v) is 8.60. The van der Waals surface area contributed by atoms with E-state index in [0.29, 0.717) is 17.0 Å². The highest BCUT2D eigenvalue weighted by Crippen LogP contribution is 2.14. The zero-order chi connectivity index (χ0) is 15.5. The molecule has 21 heavy (non-hydrogen) atoms. The number of rotatable bonds is 3. The minimum atomic E-state index is -3.09. The molecule has 1 atom stereocenters. The third-order valence-electron chi connectivity index (χ3n) is 3.17. The van der Waals surface area contributed by atoms with Crippen molar-refractivity contribution >= 4 is 33.3 Å². The summed E-state index contributed by atoms with van der Waals surface area (Å²) in [4.78, 5) is 23.3. The number of carbonyl (C=O) groups excluding carboxylic acids is 2. The van der Waals surface area contributed by atoms with Gasteiger partial charge in [0.2, 0.25) is 0 Å². The van der Waals surface area contributed by atoms with Crippen LogP contribution in [0.15, 0.2) is 24.3 Å². The lowest BCUT2D eigenvalue weighted by atomic mass is 10.2. The van der Waals surface area contributed by atoms with Crippen molar-refractivity contribution < 1.29 is 18.0 Å². The van der Waals surface area contributed by atoms with Gasteiger partial charge in [-0.1, -0.05) is 29.8 Å². The van der Waals surface area contributed by atoms with Gasteiger partial charge in [-0.25, -0.2) is 8.42 Å². The molecule has 114 valence electrons. The summed E-state index contributed by atoms with van der Waals surface area (Å²) < 4.78 is 22.5. The monoisotopic (exact) mass is 330 g/mol. The molecule has 1 aromatic rings. The van der Waals surface area contributed by atoms with E-state index in [4.69, 9.17) is 11.6 Å². The molecule has 2 N–H and O–H groups in total. The molecule has 1 aromatic carbocycles. The van der Waals surface area contributed by atoms with Crippen LogP contribution >= 0.6 is 11.6 Å². The average Bonchev–Trinajstić information content (AvgIpc) is 2.76. The van der Waals surface area contributed by atoms with Crippen LogP contribution < -0.4 is 10.6 Å². The molecule has 0 radical (unpaired) electrons. The first-order valence-electron chi connectivity index (χ1n) is 6.40. The maximum absolute atomic E-state index is 11.7. The Balaban J connectivity index is 1.83. The number of halogens is 1. The van der Waals surface area contributed by atoms with Gasteiger partial charge in [0.05, 0.1) is 11.5 Å². The van der Waals surface area contributed by atoms with Gasteiger partial charge in [0.15, 0.2) is 9.84 Å². The Morgan fingerprint density at radius 1 is 1.24 bits per heavy atom. The van der Waals surface area contributed by atoms with Crippen LogP contribution in [-0.2, 0) is 26.0 Å². The predicted molar refractivity (Wildman–Crippen MR) is 78.5 cm³/mol. The number of carbonyl (C=O) groups is 2. The van der Waals surface area contributed by atoms with E-state index in [0.717, 1.165) is 0 Å². The minimum Gasteiger partial charge on any atom is -0.344 e. The van der Waals surface area contributed by atoms with Crippen molar-refractivity contribution in [3.05, 3.63) is 34.9 Å². The number of sulfone groups is 1. The molecule has 8 heteroatoms. The molecule has 6 nitrogen and oxygen atoms in total. The average molecular weight is 331 g/mol. The number of hydrogen-bond acceptors (Lipinski definition) is 4. The van der Waals surface area contributed by atoms with Crippen LogP contribution in [0, 0.1) is 0 Å². The van der Waals surface area contributed by atoms with E-state index >= 15 is 0 Å². The highest BCUT2D eigenvalue weighted by molar-refractivity contribution is 7.91. The van der Waals surface area contributed by atoms with Gasteiger partial charge in [-0.05, 0) is 18.1 Å². The summed E-state index contributed by atoms with van der Waals surface area (Å²) in [5.41, 5.74) is 0.698. The zero-order valence-electron chi connectivity index (χ0n) is 11.1. The Hall–Kier alpha value is -1.60. The molecule has 1 heterocycles. The van der Waals surface area contributed by atoms with Crippen molar-refractivity contribution in [3.8, 4) is 0 Å². The molecule has 0 aliphatic carbocycles. The Morgan fingerprint density at radius 3 is 2.57 bits per heavy atom. The summed E-state index contributed by atoms with van der Waals surface area (Å²) in [5, 5.41) is 5.37. The molecule has 0 saturated carbocycles. The summed E-state index contributed by atoms with van der Waals surface area (Å²) in [5.74, 6) is -1.71. The van der Waals surface area contributed by atoms with E-state index in [2.05, 4.69) is 10.6 Å². The van der Waals surface area contributed by atoms with Crippen LogP contribution in [0.2, 0.25) is 5.02 Å². The van der Waals surface area contributed by atoms with Gasteiger partial charge in [0.25, 0.3) is 0 Å². The smallest absolute Gasteiger partial charge is 0.309 e. The summed E-state index contributed by atoms with van der Waals surface area (Å²) >= 11 is 5.94. The highest BCUT2D eigenvalue weighted by atomic mass is 35.5. The van der Waals surface area contributed by atoms with Crippen molar-refractivity contribution in [2.45, 2.75) is 19.0 Å². The lowest BCUT2D eigenvalue weighted by Gasteiger charge is -2.11. The Morgan fingerprint density at radius 2 is 1.95 bits per heavy atom. The molecular formula is C13H15ClN2O4S. The molecule has 2 rings (SSSR count). The highest BCUT2D eigenvalue weighted by Gasteiger charge is 2.30. The van der Waals surface area contributed by atoms with Crippen molar-refractivity contribution in [2.24, 2.45) is 0 Å². The topological polar surface area (TPSA) is 92.3 Å². The first-order chi connectivity index (χ1) is 9.87. The quantitative estimate of drug-likeness (QED) is 0.778. The molecule has 1 unspecified atom stereocenters. The van der Waals surface area contributed by atoms with Gasteiger partial charge in [-0.2, -0.15) is 0 Å². The maximum Gasteiger partial charge on any atom is 0.309 e. The number of benzene rings is 1. The van der Waals surface area contributed by atoms with Crippen LogP contribution in [-0.4, -0.2) is 37.8 Å². The Kier molecular flexibility index (Phi) is 4.84. The largest absolute Gasteiger partial charge is 0.344 e. The normalized spacial score (nSPS) is 20.0. The second-order valence-corrected chi connectivity index (χ2v) is 7.48. The second kappa shape index (κ2) is 6.44. The van der Waals surface area contributed by atoms with Gasteiger partial charge in [-0.3, -0.25) is 9.59 Å². The molecule has 2 amide bonds. The van der Waals surface area contributed by atoms with E-state index in [1.165, 1.54) is 0 Å². The van der Waals surface area contributed by atoms with Crippen LogP contribution in [0.5, 0.6) is 0 Å². The Labute approximate surface area is 127 Å². The maximum atomic E-state index is 11.7. The fraction of sp³-hybridized carbons (Fsp3) is 0.385. The number of hydrogen-bond donors (Lipinski definition) is 2. The SMILES string of the molecule is O=C(NCc1ccccc1Cl)C(=O)NC1CCS(=O)(=O)C1. The third-order valence-corrected chi connectivity index (χ3v) is 5.31. The predicted octanol–water partition coefficient (Wildman–Crippen LogP) is 0.259. The Bertz CT molecular complexity index is 660. The molecule has 0 spiro atoms. The molecule has 1 fully saturated rings. The van der Waals surface area contributed by atoms with Crippen LogP contribution in [0.3, 0.4) is 0 Å². The van der Waals surface area contributed by atoms with E-state index < -0.39 is 27.7 Å². The lowest BCUT2D eigenvalue weighted by Crippen LogP contribution is -2.44.